The number of nitrogens with one attached hydrogen (secondary N) is 1. The first kappa shape index (κ1) is 9.05. The molecule has 0 saturated carbocycles. The van der Waals surface area contributed by atoms with Crippen LogP contribution in [0.4, 0.5) is 0 Å². The molecule has 2 nitrogen and oxygen atoms in total. The van der Waals surface area contributed by atoms with E-state index in [4.69, 9.17) is 6.42 Å². The molecule has 2 unspecified atom stereocenters. The molecule has 13 heavy (non-hydrogen) atoms. The number of fused-ring (bicyclic) bond motifs is 1. The lowest BCUT2D eigenvalue weighted by atomic mass is 9.94. The summed E-state index contributed by atoms with van der Waals surface area (Å²) in [5.74, 6) is 3.61. The van der Waals surface area contributed by atoms with Crippen molar-refractivity contribution in [2.24, 2.45) is 5.92 Å². The number of hydrogen-bond donors (Lipinski definition) is 1. The van der Waals surface area contributed by atoms with Crippen molar-refractivity contribution in [3.05, 3.63) is 0 Å². The highest BCUT2D eigenvalue weighted by molar-refractivity contribution is 4.93. The van der Waals surface area contributed by atoms with Crippen molar-refractivity contribution in [2.45, 2.75) is 25.3 Å². The van der Waals surface area contributed by atoms with Crippen molar-refractivity contribution < 1.29 is 0 Å². The molecule has 1 N–H and O–H groups in total. The third-order valence-corrected chi connectivity index (χ3v) is 3.25. The van der Waals surface area contributed by atoms with Gasteiger partial charge in [0, 0.05) is 32.1 Å². The van der Waals surface area contributed by atoms with Crippen LogP contribution in [0.1, 0.15) is 19.3 Å². The molecule has 0 radical (unpaired) electrons. The number of terminal acetylenes is 1. The summed E-state index contributed by atoms with van der Waals surface area (Å²) in [6, 6.07) is 0.756. The lowest BCUT2D eigenvalue weighted by Crippen LogP contribution is -2.40. The number of piperidine rings is 1. The van der Waals surface area contributed by atoms with Crippen LogP contribution < -0.4 is 5.32 Å². The van der Waals surface area contributed by atoms with E-state index in [1.54, 1.807) is 0 Å². The molecule has 2 heteroatoms. The maximum atomic E-state index is 5.26. The van der Waals surface area contributed by atoms with Gasteiger partial charge in [-0.25, -0.2) is 0 Å². The zero-order chi connectivity index (χ0) is 9.10. The molecule has 2 aliphatic heterocycles. The maximum Gasteiger partial charge on any atom is 0.0235 e. The van der Waals surface area contributed by atoms with E-state index in [1.165, 1.54) is 32.5 Å². The Hall–Kier alpha value is -0.520. The van der Waals surface area contributed by atoms with Crippen molar-refractivity contribution >= 4 is 0 Å². The van der Waals surface area contributed by atoms with E-state index in [2.05, 4.69) is 16.1 Å². The minimum atomic E-state index is 0.756. The Morgan fingerprint density at radius 1 is 1.46 bits per heavy atom. The molecule has 2 fully saturated rings. The van der Waals surface area contributed by atoms with E-state index in [1.807, 2.05) is 0 Å². The first-order chi connectivity index (χ1) is 6.40. The highest BCUT2D eigenvalue weighted by Gasteiger charge is 2.33. The molecule has 0 amide bonds. The minimum Gasteiger partial charge on any atom is -0.312 e. The average Bonchev–Trinajstić information content (AvgIpc) is 2.57. The number of rotatable bonds is 2. The smallest absolute Gasteiger partial charge is 0.0235 e. The third-order valence-electron chi connectivity index (χ3n) is 3.25. The van der Waals surface area contributed by atoms with Gasteiger partial charge in [0.2, 0.25) is 0 Å². The molecule has 2 saturated heterocycles. The summed E-state index contributed by atoms with van der Waals surface area (Å²) < 4.78 is 0. The van der Waals surface area contributed by atoms with Crippen LogP contribution in [0.3, 0.4) is 0 Å². The van der Waals surface area contributed by atoms with Gasteiger partial charge in [-0.05, 0) is 25.3 Å². The van der Waals surface area contributed by atoms with Crippen LogP contribution in [0.25, 0.3) is 0 Å². The van der Waals surface area contributed by atoms with Gasteiger partial charge in [0.1, 0.15) is 0 Å². The first-order valence-electron chi connectivity index (χ1n) is 5.29. The largest absolute Gasteiger partial charge is 0.312 e. The van der Waals surface area contributed by atoms with Crippen LogP contribution in [-0.4, -0.2) is 37.1 Å². The van der Waals surface area contributed by atoms with Gasteiger partial charge in [-0.1, -0.05) is 0 Å². The summed E-state index contributed by atoms with van der Waals surface area (Å²) in [5, 5.41) is 3.59. The van der Waals surface area contributed by atoms with E-state index < -0.39 is 0 Å². The second kappa shape index (κ2) is 4.13. The predicted molar refractivity (Wildman–Crippen MR) is 54.4 cm³/mol. The van der Waals surface area contributed by atoms with Gasteiger partial charge in [0.15, 0.2) is 0 Å². The summed E-state index contributed by atoms with van der Waals surface area (Å²) in [4.78, 5) is 2.51. The third kappa shape index (κ3) is 2.04. The lowest BCUT2D eigenvalue weighted by molar-refractivity contribution is 0.325. The van der Waals surface area contributed by atoms with Gasteiger partial charge in [-0.15, -0.1) is 12.3 Å². The fourth-order valence-corrected chi connectivity index (χ4v) is 2.54. The Bertz CT molecular complexity index is 193. The van der Waals surface area contributed by atoms with Crippen LogP contribution in [0.5, 0.6) is 0 Å². The molecule has 0 bridgehead atoms. The summed E-state index contributed by atoms with van der Waals surface area (Å²) in [7, 11) is 0. The topological polar surface area (TPSA) is 15.3 Å². The molecule has 0 aromatic carbocycles. The Morgan fingerprint density at radius 3 is 3.15 bits per heavy atom. The SMILES string of the molecule is C#CCCN1CC2CCCNC2C1. The Morgan fingerprint density at radius 2 is 2.38 bits per heavy atom. The fraction of sp³-hybridized carbons (Fsp3) is 0.818. The monoisotopic (exact) mass is 178 g/mol. The summed E-state index contributed by atoms with van der Waals surface area (Å²) in [6.45, 7) is 4.78. The van der Waals surface area contributed by atoms with Gasteiger partial charge < -0.3 is 10.2 Å². The highest BCUT2D eigenvalue weighted by atomic mass is 15.2. The van der Waals surface area contributed by atoms with Crippen LogP contribution >= 0.6 is 0 Å². The van der Waals surface area contributed by atoms with Gasteiger partial charge in [0.05, 0.1) is 0 Å². The van der Waals surface area contributed by atoms with E-state index in [0.717, 1.165) is 24.9 Å². The molecule has 0 aromatic heterocycles. The average molecular weight is 178 g/mol. The molecule has 0 aliphatic carbocycles. The lowest BCUT2D eigenvalue weighted by Gasteiger charge is -2.24. The van der Waals surface area contributed by atoms with Crippen LogP contribution in [-0.2, 0) is 0 Å². The first-order valence-corrected chi connectivity index (χ1v) is 5.29. The van der Waals surface area contributed by atoms with Crippen molar-refractivity contribution in [2.75, 3.05) is 26.2 Å². The van der Waals surface area contributed by atoms with Crippen LogP contribution in [0.2, 0.25) is 0 Å². The summed E-state index contributed by atoms with van der Waals surface area (Å²) in [6.07, 6.45) is 8.92. The van der Waals surface area contributed by atoms with Gasteiger partial charge in [0.25, 0.3) is 0 Å². The summed E-state index contributed by atoms with van der Waals surface area (Å²) >= 11 is 0. The van der Waals surface area contributed by atoms with E-state index >= 15 is 0 Å². The minimum absolute atomic E-state index is 0.756. The Balaban J connectivity index is 1.81. The molecule has 72 valence electrons. The Labute approximate surface area is 80.7 Å². The van der Waals surface area contributed by atoms with Crippen LogP contribution in [0.15, 0.2) is 0 Å². The second-order valence-electron chi connectivity index (χ2n) is 4.18. The Kier molecular flexibility index (Phi) is 2.87. The van der Waals surface area contributed by atoms with Gasteiger partial charge in [-0.2, -0.15) is 0 Å². The van der Waals surface area contributed by atoms with Gasteiger partial charge >= 0.3 is 0 Å². The summed E-state index contributed by atoms with van der Waals surface area (Å²) in [5.41, 5.74) is 0. The zero-order valence-electron chi connectivity index (χ0n) is 8.13. The molecule has 2 atom stereocenters. The molecule has 0 aromatic rings. The van der Waals surface area contributed by atoms with E-state index in [0.29, 0.717) is 0 Å². The molecule has 0 spiro atoms. The number of hydrogen-bond acceptors (Lipinski definition) is 2. The van der Waals surface area contributed by atoms with Crippen molar-refractivity contribution in [3.63, 3.8) is 0 Å². The van der Waals surface area contributed by atoms with Gasteiger partial charge in [-0.3, -0.25) is 0 Å². The van der Waals surface area contributed by atoms with E-state index in [9.17, 15) is 0 Å². The van der Waals surface area contributed by atoms with Crippen molar-refractivity contribution in [3.8, 4) is 12.3 Å². The number of nitrogens with zero attached hydrogens (tertiary/aromatic N) is 1. The molecule has 2 heterocycles. The predicted octanol–water partition coefficient (Wildman–Crippen LogP) is 0.693. The molecule has 2 aliphatic rings. The molecular formula is C11H18N2. The van der Waals surface area contributed by atoms with Crippen molar-refractivity contribution in [1.82, 2.24) is 10.2 Å². The molecule has 2 rings (SSSR count). The second-order valence-corrected chi connectivity index (χ2v) is 4.18. The standard InChI is InChI=1S/C11H18N2/c1-2-3-7-13-8-10-5-4-6-12-11(10)9-13/h1,10-12H,3-9H2. The fourth-order valence-electron chi connectivity index (χ4n) is 2.54. The normalized spacial score (nSPS) is 34.1. The zero-order valence-corrected chi connectivity index (χ0v) is 8.13. The van der Waals surface area contributed by atoms with Crippen LogP contribution in [0, 0.1) is 18.3 Å². The number of likely N-dealkylation sites (tertiary alicyclic amines) is 1. The molecular weight excluding hydrogens is 160 g/mol. The maximum absolute atomic E-state index is 5.26. The van der Waals surface area contributed by atoms with Crippen molar-refractivity contribution in [1.29, 1.82) is 0 Å². The highest BCUT2D eigenvalue weighted by Crippen LogP contribution is 2.24. The van der Waals surface area contributed by atoms with E-state index in [-0.39, 0.29) is 0 Å². The quantitative estimate of drug-likeness (QED) is 0.626.